The maximum absolute atomic E-state index is 13.5. The second-order valence-corrected chi connectivity index (χ2v) is 11.5. The minimum absolute atomic E-state index is 0.0313. The van der Waals surface area contributed by atoms with E-state index in [1.165, 1.54) is 24.3 Å². The van der Waals surface area contributed by atoms with Crippen molar-refractivity contribution in [2.24, 2.45) is 0 Å². The second kappa shape index (κ2) is 10.5. The van der Waals surface area contributed by atoms with Gasteiger partial charge in [0.15, 0.2) is 11.5 Å². The Morgan fingerprint density at radius 2 is 1.69 bits per heavy atom. The zero-order valence-corrected chi connectivity index (χ0v) is 21.6. The highest BCUT2D eigenvalue weighted by Crippen LogP contribution is 2.55. The summed E-state index contributed by atoms with van der Waals surface area (Å²) in [5, 5.41) is 4.05. The molecule has 0 bridgehead atoms. The van der Waals surface area contributed by atoms with Crippen molar-refractivity contribution in [3.8, 4) is 5.75 Å². The van der Waals surface area contributed by atoms with Crippen molar-refractivity contribution < 1.29 is 45.6 Å². The number of halogens is 3. The Kier molecular flexibility index (Phi) is 8.22. The number of carbonyl (C=O) groups is 1. The van der Waals surface area contributed by atoms with Crippen LogP contribution in [-0.2, 0) is 35.0 Å². The summed E-state index contributed by atoms with van der Waals surface area (Å²) in [5.41, 5.74) is -2.12. The summed E-state index contributed by atoms with van der Waals surface area (Å²) in [7, 11) is -3.94. The highest BCUT2D eigenvalue weighted by Gasteiger charge is 2.51. The van der Waals surface area contributed by atoms with Crippen molar-refractivity contribution in [2.75, 3.05) is 13.2 Å². The second-order valence-electron chi connectivity index (χ2n) is 9.29. The summed E-state index contributed by atoms with van der Waals surface area (Å²) in [6.07, 6.45) is -3.73. The van der Waals surface area contributed by atoms with E-state index in [1.807, 2.05) is 0 Å². The molecular weight excluding hydrogens is 504 g/mol. The normalized spacial score (nSPS) is 16.4. The van der Waals surface area contributed by atoms with Gasteiger partial charge in [-0.25, -0.2) is 0 Å². The van der Waals surface area contributed by atoms with Crippen LogP contribution in [0.3, 0.4) is 0 Å². The van der Waals surface area contributed by atoms with Gasteiger partial charge in [-0.3, -0.25) is 9.36 Å². The van der Waals surface area contributed by atoms with Crippen LogP contribution < -0.4 is 4.74 Å². The van der Waals surface area contributed by atoms with E-state index in [0.717, 1.165) is 0 Å². The summed E-state index contributed by atoms with van der Waals surface area (Å²) >= 11 is 0. The first-order chi connectivity index (χ1) is 16.7. The number of carbonyl (C=O) groups excluding carboxylic acids is 1. The first kappa shape index (κ1) is 28.1. The molecule has 1 saturated carbocycles. The van der Waals surface area contributed by atoms with Crippen LogP contribution in [-0.4, -0.2) is 46.9 Å². The summed E-state index contributed by atoms with van der Waals surface area (Å²) in [6.45, 7) is 8.39. The molecule has 1 fully saturated rings. The highest BCUT2D eigenvalue weighted by atomic mass is 31.2. The fourth-order valence-electron chi connectivity index (χ4n) is 3.71. The Morgan fingerprint density at radius 1 is 1.11 bits per heavy atom. The van der Waals surface area contributed by atoms with Gasteiger partial charge in [-0.15, -0.1) is 13.2 Å². The number of esters is 1. The molecule has 1 atom stereocenters. The fourth-order valence-corrected chi connectivity index (χ4v) is 5.56. The van der Waals surface area contributed by atoms with Crippen LogP contribution >= 0.6 is 7.60 Å². The fraction of sp³-hybridized carbons (Fsp3) is 0.609. The third kappa shape index (κ3) is 6.86. The van der Waals surface area contributed by atoms with Gasteiger partial charge in [0.2, 0.25) is 5.89 Å². The van der Waals surface area contributed by atoms with Gasteiger partial charge in [0, 0.05) is 0 Å². The zero-order valence-electron chi connectivity index (χ0n) is 20.8. The molecule has 9 nitrogen and oxygen atoms in total. The number of nitrogens with zero attached hydrogens (tertiary/aromatic N) is 2. The Bertz CT molecular complexity index is 1080. The van der Waals surface area contributed by atoms with Gasteiger partial charge in [0.25, 0.3) is 0 Å². The molecule has 0 aliphatic heterocycles. The van der Waals surface area contributed by atoms with Crippen molar-refractivity contribution in [2.45, 2.75) is 76.9 Å². The summed E-state index contributed by atoms with van der Waals surface area (Å²) in [6, 6.07) is 5.49. The molecule has 13 heteroatoms. The van der Waals surface area contributed by atoms with Crippen LogP contribution in [0.2, 0.25) is 0 Å². The average molecular weight is 534 g/mol. The number of aromatic nitrogens is 2. The molecule has 0 spiro atoms. The lowest BCUT2D eigenvalue weighted by atomic mass is 9.95. The summed E-state index contributed by atoms with van der Waals surface area (Å²) in [4.78, 5) is 17.4. The van der Waals surface area contributed by atoms with E-state index < -0.39 is 36.6 Å². The topological polar surface area (TPSA) is 110 Å². The van der Waals surface area contributed by atoms with Gasteiger partial charge >= 0.3 is 19.9 Å². The monoisotopic (exact) mass is 534 g/mol. The lowest BCUT2D eigenvalue weighted by Gasteiger charge is -2.27. The van der Waals surface area contributed by atoms with E-state index in [9.17, 15) is 22.5 Å². The molecule has 1 aliphatic carbocycles. The number of hydrogen-bond acceptors (Lipinski definition) is 9. The molecule has 0 saturated heterocycles. The molecule has 1 unspecified atom stereocenters. The van der Waals surface area contributed by atoms with Gasteiger partial charge in [0.05, 0.1) is 25.0 Å². The standard InChI is InChI=1S/C23H30F3N2O7P/c1-6-31-36(30,32-7-2)17(19(29)34-21(3,4)5)14-18-27-20(28-35-18)22(12-13-22)15-8-10-16(11-9-15)33-23(24,25)26/h8-11,17H,6-7,12-14H2,1-5H3. The third-order valence-corrected chi connectivity index (χ3v) is 7.73. The van der Waals surface area contributed by atoms with Crippen LogP contribution in [0.25, 0.3) is 0 Å². The molecule has 0 N–H and O–H groups in total. The van der Waals surface area contributed by atoms with E-state index >= 15 is 0 Å². The summed E-state index contributed by atoms with van der Waals surface area (Å²) in [5.74, 6) is -0.774. The van der Waals surface area contributed by atoms with Crippen molar-refractivity contribution in [3.63, 3.8) is 0 Å². The molecular formula is C23H30F3N2O7P. The number of benzene rings is 1. The molecule has 36 heavy (non-hydrogen) atoms. The quantitative estimate of drug-likeness (QED) is 0.270. The summed E-state index contributed by atoms with van der Waals surface area (Å²) < 4.78 is 76.4. The van der Waals surface area contributed by atoms with Gasteiger partial charge in [-0.05, 0) is 65.2 Å². The molecule has 0 amide bonds. The molecule has 1 aromatic heterocycles. The van der Waals surface area contributed by atoms with Crippen LogP contribution in [0.1, 0.15) is 64.7 Å². The van der Waals surface area contributed by atoms with Gasteiger partial charge in [0.1, 0.15) is 11.4 Å². The van der Waals surface area contributed by atoms with Crippen molar-refractivity contribution in [3.05, 3.63) is 41.5 Å². The molecule has 0 radical (unpaired) electrons. The number of hydrogen-bond donors (Lipinski definition) is 0. The number of rotatable bonds is 11. The van der Waals surface area contributed by atoms with Crippen molar-refractivity contribution >= 4 is 13.6 Å². The van der Waals surface area contributed by atoms with Crippen molar-refractivity contribution in [1.82, 2.24) is 10.1 Å². The zero-order chi connectivity index (χ0) is 26.8. The molecule has 2 aromatic rings. The minimum Gasteiger partial charge on any atom is -0.459 e. The maximum atomic E-state index is 13.5. The molecule has 1 aromatic carbocycles. The van der Waals surface area contributed by atoms with Crippen LogP contribution in [0, 0.1) is 0 Å². The van der Waals surface area contributed by atoms with Crippen LogP contribution in [0.15, 0.2) is 28.8 Å². The Balaban J connectivity index is 1.85. The molecule has 200 valence electrons. The average Bonchev–Trinajstić information content (AvgIpc) is 3.41. The number of alkyl halides is 3. The predicted molar refractivity (Wildman–Crippen MR) is 122 cm³/mol. The maximum Gasteiger partial charge on any atom is 0.573 e. The van der Waals surface area contributed by atoms with E-state index in [-0.39, 0.29) is 31.3 Å². The van der Waals surface area contributed by atoms with Crippen LogP contribution in [0.4, 0.5) is 13.2 Å². The molecule has 1 heterocycles. The van der Waals surface area contributed by atoms with E-state index in [2.05, 4.69) is 14.9 Å². The smallest absolute Gasteiger partial charge is 0.459 e. The van der Waals surface area contributed by atoms with Gasteiger partial charge in [-0.2, -0.15) is 4.98 Å². The Morgan fingerprint density at radius 3 is 2.17 bits per heavy atom. The molecule has 1 aliphatic rings. The lowest BCUT2D eigenvalue weighted by molar-refractivity contribution is -0.274. The predicted octanol–water partition coefficient (Wildman–Crippen LogP) is 5.57. The van der Waals surface area contributed by atoms with Crippen molar-refractivity contribution in [1.29, 1.82) is 0 Å². The van der Waals surface area contributed by atoms with Crippen LogP contribution in [0.5, 0.6) is 5.75 Å². The van der Waals surface area contributed by atoms with Gasteiger partial charge < -0.3 is 23.0 Å². The third-order valence-electron chi connectivity index (χ3n) is 5.33. The first-order valence-corrected chi connectivity index (χ1v) is 13.1. The van der Waals surface area contributed by atoms with E-state index in [4.69, 9.17) is 18.3 Å². The Hall–Kier alpha value is -2.43. The minimum atomic E-state index is -4.78. The van der Waals surface area contributed by atoms with E-state index in [1.54, 1.807) is 34.6 Å². The Labute approximate surface area is 207 Å². The molecule has 3 rings (SSSR count). The SMILES string of the molecule is CCOP(=O)(OCC)C(Cc1nc(C2(c3ccc(OC(F)(F)F)cc3)CC2)no1)C(=O)OC(C)(C)C. The largest absolute Gasteiger partial charge is 0.573 e. The van der Waals surface area contributed by atoms with E-state index in [0.29, 0.717) is 24.2 Å². The first-order valence-electron chi connectivity index (χ1n) is 11.5. The van der Waals surface area contributed by atoms with Gasteiger partial charge in [-0.1, -0.05) is 17.3 Å². The number of ether oxygens (including phenoxy) is 2. The lowest BCUT2D eigenvalue weighted by Crippen LogP contribution is -2.34. The highest BCUT2D eigenvalue weighted by molar-refractivity contribution is 7.55.